The zero-order valence-electron chi connectivity index (χ0n) is 10.9. The topological polar surface area (TPSA) is 26.0 Å². The van der Waals surface area contributed by atoms with Gasteiger partial charge < -0.3 is 5.73 Å². The van der Waals surface area contributed by atoms with Crippen LogP contribution >= 0.6 is 27.7 Å². The molecule has 1 nitrogen and oxygen atoms in total. The van der Waals surface area contributed by atoms with Gasteiger partial charge in [0.2, 0.25) is 0 Å². The Morgan fingerprint density at radius 1 is 1.35 bits per heavy atom. The second-order valence-electron chi connectivity index (χ2n) is 4.76. The summed E-state index contributed by atoms with van der Waals surface area (Å²) in [5, 5.41) is 0. The zero-order valence-corrected chi connectivity index (χ0v) is 13.3. The van der Waals surface area contributed by atoms with E-state index >= 15 is 0 Å². The molecule has 1 rings (SSSR count). The van der Waals surface area contributed by atoms with Gasteiger partial charge in [-0.1, -0.05) is 36.2 Å². The molecule has 0 aliphatic rings. The minimum Gasteiger partial charge on any atom is -0.328 e. The van der Waals surface area contributed by atoms with Gasteiger partial charge in [0, 0.05) is 21.2 Å². The first-order valence-electron chi connectivity index (χ1n) is 6.19. The number of thioether (sulfide) groups is 1. The maximum atomic E-state index is 5.90. The summed E-state index contributed by atoms with van der Waals surface area (Å²) in [6.45, 7) is 6.61. The number of rotatable bonds is 6. The molecule has 0 saturated carbocycles. The zero-order chi connectivity index (χ0) is 12.8. The molecule has 0 bridgehead atoms. The molecule has 0 aliphatic heterocycles. The lowest BCUT2D eigenvalue weighted by atomic mass is 10.1. The number of hydrogen-bond acceptors (Lipinski definition) is 2. The van der Waals surface area contributed by atoms with Crippen LogP contribution in [0, 0.1) is 5.92 Å². The van der Waals surface area contributed by atoms with Crippen LogP contribution in [0.15, 0.2) is 27.6 Å². The van der Waals surface area contributed by atoms with Crippen molar-refractivity contribution in [3.05, 3.63) is 28.2 Å². The number of halogens is 1. The van der Waals surface area contributed by atoms with Gasteiger partial charge in [0.25, 0.3) is 0 Å². The van der Waals surface area contributed by atoms with E-state index in [0.717, 1.165) is 16.8 Å². The van der Waals surface area contributed by atoms with E-state index in [4.69, 9.17) is 5.73 Å². The van der Waals surface area contributed by atoms with Crippen molar-refractivity contribution in [3.63, 3.8) is 0 Å². The molecule has 0 aromatic heterocycles. The first kappa shape index (κ1) is 15.1. The smallest absolute Gasteiger partial charge is 0.0178 e. The largest absolute Gasteiger partial charge is 0.328 e. The van der Waals surface area contributed by atoms with Gasteiger partial charge in [-0.3, -0.25) is 0 Å². The van der Waals surface area contributed by atoms with Gasteiger partial charge >= 0.3 is 0 Å². The summed E-state index contributed by atoms with van der Waals surface area (Å²) < 4.78 is 1.14. The first-order chi connectivity index (χ1) is 8.02. The fourth-order valence-electron chi connectivity index (χ4n) is 1.55. The lowest BCUT2D eigenvalue weighted by Gasteiger charge is -2.14. The van der Waals surface area contributed by atoms with Crippen molar-refractivity contribution in [1.82, 2.24) is 0 Å². The Morgan fingerprint density at radius 2 is 2.06 bits per heavy atom. The molecule has 0 aliphatic carbocycles. The van der Waals surface area contributed by atoms with Crippen LogP contribution in [0.1, 0.15) is 32.8 Å². The lowest BCUT2D eigenvalue weighted by Crippen LogP contribution is -2.18. The Bertz CT molecular complexity index is 352. The summed E-state index contributed by atoms with van der Waals surface area (Å²) in [4.78, 5) is 1.38. The van der Waals surface area contributed by atoms with Gasteiger partial charge in [-0.2, -0.15) is 0 Å². The van der Waals surface area contributed by atoms with E-state index in [1.54, 1.807) is 0 Å². The van der Waals surface area contributed by atoms with E-state index in [9.17, 15) is 0 Å². The van der Waals surface area contributed by atoms with Crippen molar-refractivity contribution in [1.29, 1.82) is 0 Å². The van der Waals surface area contributed by atoms with Crippen LogP contribution in [0.25, 0.3) is 0 Å². The van der Waals surface area contributed by atoms with Gasteiger partial charge in [-0.25, -0.2) is 0 Å². The van der Waals surface area contributed by atoms with Crippen molar-refractivity contribution in [2.45, 2.75) is 44.6 Å². The summed E-state index contributed by atoms with van der Waals surface area (Å²) >= 11 is 5.48. The van der Waals surface area contributed by atoms with Crippen LogP contribution in [-0.4, -0.2) is 11.8 Å². The number of nitrogens with two attached hydrogens (primary N) is 1. The van der Waals surface area contributed by atoms with Gasteiger partial charge in [-0.05, 0) is 43.0 Å². The van der Waals surface area contributed by atoms with Crippen LogP contribution in [0.3, 0.4) is 0 Å². The molecule has 1 aromatic carbocycles. The molecule has 2 atom stereocenters. The highest BCUT2D eigenvalue weighted by Gasteiger charge is 2.08. The quantitative estimate of drug-likeness (QED) is 0.783. The normalized spacial score (nSPS) is 14.6. The molecule has 0 spiro atoms. The first-order valence-corrected chi connectivity index (χ1v) is 7.97. The van der Waals surface area contributed by atoms with Gasteiger partial charge in [-0.15, -0.1) is 11.8 Å². The summed E-state index contributed by atoms with van der Waals surface area (Å²) in [6, 6.07) is 6.73. The second kappa shape index (κ2) is 7.45. The van der Waals surface area contributed by atoms with Crippen molar-refractivity contribution in [3.8, 4) is 0 Å². The van der Waals surface area contributed by atoms with Crippen molar-refractivity contribution >= 4 is 27.7 Å². The molecule has 1 aromatic rings. The summed E-state index contributed by atoms with van der Waals surface area (Å²) in [5.41, 5.74) is 7.26. The third kappa shape index (κ3) is 5.45. The molecule has 0 amide bonds. The molecule has 2 unspecified atom stereocenters. The van der Waals surface area contributed by atoms with E-state index in [-0.39, 0.29) is 6.04 Å². The highest BCUT2D eigenvalue weighted by atomic mass is 79.9. The molecule has 17 heavy (non-hydrogen) atoms. The van der Waals surface area contributed by atoms with Gasteiger partial charge in [0.1, 0.15) is 0 Å². The highest BCUT2D eigenvalue weighted by Crippen LogP contribution is 2.28. The fraction of sp³-hybridized carbons (Fsp3) is 0.571. The average molecular weight is 316 g/mol. The van der Waals surface area contributed by atoms with E-state index in [1.807, 2.05) is 11.8 Å². The van der Waals surface area contributed by atoms with Crippen molar-refractivity contribution < 1.29 is 0 Å². The maximum Gasteiger partial charge on any atom is 0.0178 e. The Hall–Kier alpha value is 0.01000. The van der Waals surface area contributed by atoms with E-state index in [0.29, 0.717) is 0 Å². The van der Waals surface area contributed by atoms with Crippen LogP contribution < -0.4 is 5.73 Å². The van der Waals surface area contributed by atoms with E-state index in [1.165, 1.54) is 22.6 Å². The molecule has 0 fully saturated rings. The number of benzene rings is 1. The molecule has 0 heterocycles. The van der Waals surface area contributed by atoms with E-state index in [2.05, 4.69) is 54.9 Å². The fourth-order valence-corrected chi connectivity index (χ4v) is 3.15. The lowest BCUT2D eigenvalue weighted by molar-refractivity contribution is 0.636. The summed E-state index contributed by atoms with van der Waals surface area (Å²) in [6.07, 6.45) is 2.19. The SMILES string of the molecule is CCC(C)CSc1ccc(Br)cc1CC(C)N. The summed E-state index contributed by atoms with van der Waals surface area (Å²) in [7, 11) is 0. The molecule has 96 valence electrons. The molecule has 0 saturated heterocycles. The second-order valence-corrected chi connectivity index (χ2v) is 6.74. The predicted molar refractivity (Wildman–Crippen MR) is 81.7 cm³/mol. The molecular weight excluding hydrogens is 294 g/mol. The van der Waals surface area contributed by atoms with Crippen molar-refractivity contribution in [2.75, 3.05) is 5.75 Å². The van der Waals surface area contributed by atoms with Gasteiger partial charge in [0.15, 0.2) is 0 Å². The predicted octanol–water partition coefficient (Wildman–Crippen LogP) is 4.48. The summed E-state index contributed by atoms with van der Waals surface area (Å²) in [5.74, 6) is 1.95. The van der Waals surface area contributed by atoms with Crippen LogP contribution in [0.4, 0.5) is 0 Å². The molecule has 3 heteroatoms. The molecule has 0 radical (unpaired) electrons. The Labute approximate surface area is 118 Å². The van der Waals surface area contributed by atoms with Crippen molar-refractivity contribution in [2.24, 2.45) is 11.7 Å². The van der Waals surface area contributed by atoms with Crippen LogP contribution in [0.2, 0.25) is 0 Å². The average Bonchev–Trinajstić information content (AvgIpc) is 2.26. The van der Waals surface area contributed by atoms with Gasteiger partial charge in [0.05, 0.1) is 0 Å². The highest BCUT2D eigenvalue weighted by molar-refractivity contribution is 9.10. The third-order valence-corrected chi connectivity index (χ3v) is 4.72. The minimum atomic E-state index is 0.215. The Morgan fingerprint density at radius 3 is 2.65 bits per heavy atom. The van der Waals surface area contributed by atoms with Crippen LogP contribution in [-0.2, 0) is 6.42 Å². The monoisotopic (exact) mass is 315 g/mol. The molecule has 2 N–H and O–H groups in total. The third-order valence-electron chi connectivity index (χ3n) is 2.78. The van der Waals surface area contributed by atoms with Crippen LogP contribution in [0.5, 0.6) is 0 Å². The van der Waals surface area contributed by atoms with E-state index < -0.39 is 0 Å². The maximum absolute atomic E-state index is 5.90. The number of hydrogen-bond donors (Lipinski definition) is 1. The molecular formula is C14H22BrNS. The standard InChI is InChI=1S/C14H22BrNS/c1-4-10(2)9-17-14-6-5-13(15)8-12(14)7-11(3)16/h5-6,8,10-11H,4,7,9,16H2,1-3H3. The minimum absolute atomic E-state index is 0.215. The Balaban J connectivity index is 2.75. The Kier molecular flexibility index (Phi) is 6.60.